The Morgan fingerprint density at radius 3 is 2.64 bits per heavy atom. The molecule has 0 aliphatic rings. The summed E-state index contributed by atoms with van der Waals surface area (Å²) in [6.45, 7) is 2.14. The fourth-order valence-electron chi connectivity index (χ4n) is 1.18. The summed E-state index contributed by atoms with van der Waals surface area (Å²) in [4.78, 5) is 0. The second-order valence-corrected chi connectivity index (χ2v) is 2.82. The van der Waals surface area contributed by atoms with Gasteiger partial charge in [0.05, 0.1) is 7.85 Å². The van der Waals surface area contributed by atoms with E-state index in [1.165, 1.54) is 11.1 Å². The average molecular weight is 144 g/mol. The standard InChI is InChI=1S/C10H13B/c1-9-5-2-3-6-10(9)7-4-8-11/h2-3,5-6H,4,7-8H2,1H3. The molecule has 56 valence electrons. The third-order valence-corrected chi connectivity index (χ3v) is 1.91. The van der Waals surface area contributed by atoms with Crippen LogP contribution in [0.5, 0.6) is 0 Å². The van der Waals surface area contributed by atoms with E-state index in [0.29, 0.717) is 0 Å². The number of rotatable bonds is 3. The minimum Gasteiger partial charge on any atom is -0.0884 e. The lowest BCUT2D eigenvalue weighted by molar-refractivity contribution is 0.910. The normalized spacial score (nSPS) is 9.91. The summed E-state index contributed by atoms with van der Waals surface area (Å²) in [6, 6.07) is 8.47. The molecule has 1 rings (SSSR count). The summed E-state index contributed by atoms with van der Waals surface area (Å²) < 4.78 is 0. The van der Waals surface area contributed by atoms with Crippen LogP contribution in [0, 0.1) is 6.92 Å². The first-order chi connectivity index (χ1) is 5.34. The van der Waals surface area contributed by atoms with Crippen LogP contribution in [0.25, 0.3) is 0 Å². The fraction of sp³-hybridized carbons (Fsp3) is 0.400. The molecule has 0 heterocycles. The van der Waals surface area contributed by atoms with Crippen LogP contribution in [0.4, 0.5) is 0 Å². The fourth-order valence-corrected chi connectivity index (χ4v) is 1.18. The Hall–Kier alpha value is -0.715. The SMILES string of the molecule is [B]CCCc1ccccc1C. The molecule has 0 bridgehead atoms. The zero-order valence-corrected chi connectivity index (χ0v) is 7.01. The highest BCUT2D eigenvalue weighted by molar-refractivity contribution is 6.08. The summed E-state index contributed by atoms with van der Waals surface area (Å²) in [5.74, 6) is 0. The van der Waals surface area contributed by atoms with E-state index < -0.39 is 0 Å². The van der Waals surface area contributed by atoms with E-state index in [2.05, 4.69) is 31.2 Å². The van der Waals surface area contributed by atoms with E-state index in [1.807, 2.05) is 0 Å². The van der Waals surface area contributed by atoms with Crippen LogP contribution in [0.1, 0.15) is 17.5 Å². The Morgan fingerprint density at radius 1 is 1.27 bits per heavy atom. The van der Waals surface area contributed by atoms with E-state index in [-0.39, 0.29) is 0 Å². The van der Waals surface area contributed by atoms with Crippen molar-refractivity contribution in [2.45, 2.75) is 26.1 Å². The number of hydrogen-bond donors (Lipinski definition) is 0. The van der Waals surface area contributed by atoms with E-state index in [1.54, 1.807) is 0 Å². The molecule has 0 aliphatic heterocycles. The largest absolute Gasteiger partial charge is 0.0884 e. The highest BCUT2D eigenvalue weighted by Gasteiger charge is 1.93. The van der Waals surface area contributed by atoms with Crippen molar-refractivity contribution in [3.63, 3.8) is 0 Å². The van der Waals surface area contributed by atoms with Crippen LogP contribution in [-0.4, -0.2) is 7.85 Å². The van der Waals surface area contributed by atoms with Crippen molar-refractivity contribution in [2.24, 2.45) is 0 Å². The van der Waals surface area contributed by atoms with Crippen LogP contribution in [0.2, 0.25) is 6.32 Å². The van der Waals surface area contributed by atoms with E-state index >= 15 is 0 Å². The zero-order chi connectivity index (χ0) is 8.10. The maximum Gasteiger partial charge on any atom is 0.0653 e. The van der Waals surface area contributed by atoms with E-state index in [9.17, 15) is 0 Å². The van der Waals surface area contributed by atoms with Crippen LogP contribution < -0.4 is 0 Å². The van der Waals surface area contributed by atoms with E-state index in [0.717, 1.165) is 19.2 Å². The quantitative estimate of drug-likeness (QED) is 0.571. The first-order valence-electron chi connectivity index (χ1n) is 4.09. The maximum atomic E-state index is 5.43. The third kappa shape index (κ3) is 2.41. The van der Waals surface area contributed by atoms with Crippen molar-refractivity contribution in [1.29, 1.82) is 0 Å². The van der Waals surface area contributed by atoms with Gasteiger partial charge in [-0.25, -0.2) is 0 Å². The van der Waals surface area contributed by atoms with Gasteiger partial charge in [-0.05, 0) is 24.5 Å². The molecule has 0 atom stereocenters. The van der Waals surface area contributed by atoms with Crippen molar-refractivity contribution in [3.8, 4) is 0 Å². The molecule has 1 heteroatoms. The number of hydrogen-bond acceptors (Lipinski definition) is 0. The summed E-state index contributed by atoms with van der Waals surface area (Å²) in [5, 5.41) is 0. The monoisotopic (exact) mass is 144 g/mol. The average Bonchev–Trinajstić information content (AvgIpc) is 2.03. The van der Waals surface area contributed by atoms with Gasteiger partial charge in [-0.1, -0.05) is 37.0 Å². The summed E-state index contributed by atoms with van der Waals surface area (Å²) >= 11 is 0. The summed E-state index contributed by atoms with van der Waals surface area (Å²) in [5.41, 5.74) is 2.80. The molecule has 0 amide bonds. The molecular weight excluding hydrogens is 131 g/mol. The molecule has 0 saturated carbocycles. The van der Waals surface area contributed by atoms with Crippen LogP contribution in [-0.2, 0) is 6.42 Å². The highest BCUT2D eigenvalue weighted by atomic mass is 14.0. The summed E-state index contributed by atoms with van der Waals surface area (Å²) in [7, 11) is 5.43. The Labute approximate surface area is 70.0 Å². The van der Waals surface area contributed by atoms with Crippen LogP contribution in [0.15, 0.2) is 24.3 Å². The third-order valence-electron chi connectivity index (χ3n) is 1.91. The van der Waals surface area contributed by atoms with E-state index in [4.69, 9.17) is 7.85 Å². The van der Waals surface area contributed by atoms with Gasteiger partial charge in [0.1, 0.15) is 0 Å². The predicted molar refractivity (Wildman–Crippen MR) is 50.1 cm³/mol. The van der Waals surface area contributed by atoms with Crippen molar-refractivity contribution in [1.82, 2.24) is 0 Å². The topological polar surface area (TPSA) is 0 Å². The number of benzene rings is 1. The molecule has 1 aromatic carbocycles. The van der Waals surface area contributed by atoms with Gasteiger partial charge >= 0.3 is 0 Å². The van der Waals surface area contributed by atoms with Crippen molar-refractivity contribution < 1.29 is 0 Å². The molecule has 0 N–H and O–H groups in total. The molecule has 0 nitrogen and oxygen atoms in total. The molecule has 11 heavy (non-hydrogen) atoms. The van der Waals surface area contributed by atoms with Gasteiger partial charge in [0.2, 0.25) is 0 Å². The van der Waals surface area contributed by atoms with Gasteiger partial charge in [0, 0.05) is 0 Å². The van der Waals surface area contributed by atoms with Crippen molar-refractivity contribution in [3.05, 3.63) is 35.4 Å². The lowest BCUT2D eigenvalue weighted by Gasteiger charge is -2.02. The Kier molecular flexibility index (Phi) is 3.22. The molecule has 0 saturated heterocycles. The first kappa shape index (κ1) is 8.38. The Balaban J connectivity index is 2.62. The Bertz CT molecular complexity index is 218. The molecular formula is C10H13B. The van der Waals surface area contributed by atoms with Crippen molar-refractivity contribution >= 4 is 7.85 Å². The second kappa shape index (κ2) is 4.22. The summed E-state index contributed by atoms with van der Waals surface area (Å²) in [6.07, 6.45) is 2.99. The molecule has 0 spiro atoms. The number of aryl methyl sites for hydroxylation is 2. The van der Waals surface area contributed by atoms with Crippen LogP contribution in [0.3, 0.4) is 0 Å². The molecule has 1 aromatic rings. The van der Waals surface area contributed by atoms with Gasteiger partial charge in [-0.3, -0.25) is 0 Å². The molecule has 2 radical (unpaired) electrons. The highest BCUT2D eigenvalue weighted by Crippen LogP contribution is 2.09. The minimum atomic E-state index is 0.786. The molecule has 0 aromatic heterocycles. The predicted octanol–water partition coefficient (Wildman–Crippen LogP) is 2.51. The Morgan fingerprint density at radius 2 is 2.00 bits per heavy atom. The van der Waals surface area contributed by atoms with Gasteiger partial charge in [-0.2, -0.15) is 0 Å². The van der Waals surface area contributed by atoms with Crippen molar-refractivity contribution in [2.75, 3.05) is 0 Å². The molecule has 0 fully saturated rings. The zero-order valence-electron chi connectivity index (χ0n) is 7.01. The lowest BCUT2D eigenvalue weighted by Crippen LogP contribution is -1.88. The lowest BCUT2D eigenvalue weighted by atomic mass is 9.96. The molecule has 0 aliphatic carbocycles. The smallest absolute Gasteiger partial charge is 0.0653 e. The van der Waals surface area contributed by atoms with Crippen LogP contribution >= 0.6 is 0 Å². The second-order valence-electron chi connectivity index (χ2n) is 2.82. The minimum absolute atomic E-state index is 0.786. The van der Waals surface area contributed by atoms with Gasteiger partial charge < -0.3 is 0 Å². The van der Waals surface area contributed by atoms with Gasteiger partial charge in [0.25, 0.3) is 0 Å². The van der Waals surface area contributed by atoms with Gasteiger partial charge in [0.15, 0.2) is 0 Å². The maximum absolute atomic E-state index is 5.43. The van der Waals surface area contributed by atoms with Gasteiger partial charge in [-0.15, -0.1) is 0 Å². The molecule has 0 unspecified atom stereocenters. The first-order valence-corrected chi connectivity index (χ1v) is 4.09.